The lowest BCUT2D eigenvalue weighted by molar-refractivity contribution is -0.134. The van der Waals surface area contributed by atoms with Gasteiger partial charge in [-0.25, -0.2) is 0 Å². The molecule has 4 aliphatic rings. The number of benzene rings is 2. The van der Waals surface area contributed by atoms with E-state index in [9.17, 15) is 4.79 Å². The third-order valence-electron chi connectivity index (χ3n) is 8.06. The molecule has 34 heavy (non-hydrogen) atoms. The van der Waals surface area contributed by atoms with Gasteiger partial charge in [-0.05, 0) is 48.4 Å². The lowest BCUT2D eigenvalue weighted by Crippen LogP contribution is -2.65. The maximum absolute atomic E-state index is 13.5. The Balaban J connectivity index is 1.18. The fourth-order valence-corrected chi connectivity index (χ4v) is 6.72. The van der Waals surface area contributed by atoms with Crippen LogP contribution in [0.25, 0.3) is 0 Å². The highest BCUT2D eigenvalue weighted by molar-refractivity contribution is 6.20. The van der Waals surface area contributed by atoms with Crippen LogP contribution in [0, 0.1) is 5.92 Å². The van der Waals surface area contributed by atoms with E-state index in [-0.39, 0.29) is 29.3 Å². The van der Waals surface area contributed by atoms with Crippen molar-refractivity contribution in [2.75, 3.05) is 33.0 Å². The van der Waals surface area contributed by atoms with Gasteiger partial charge in [-0.2, -0.15) is 0 Å². The van der Waals surface area contributed by atoms with Crippen molar-refractivity contribution in [1.29, 1.82) is 0 Å². The molecule has 3 heterocycles. The highest BCUT2D eigenvalue weighted by atomic mass is 35.5. The van der Waals surface area contributed by atoms with E-state index in [1.807, 2.05) is 6.07 Å². The Bertz CT molecular complexity index is 1030. The molecule has 3 fully saturated rings. The summed E-state index contributed by atoms with van der Waals surface area (Å²) in [4.78, 5) is 18.3. The Morgan fingerprint density at radius 2 is 1.76 bits per heavy atom. The summed E-state index contributed by atoms with van der Waals surface area (Å²) >= 11 is 6.64. The highest BCUT2D eigenvalue weighted by Crippen LogP contribution is 2.44. The molecular weight excluding hydrogens is 450 g/mol. The number of hydrogen-bond donors (Lipinski definition) is 1. The first-order valence-corrected chi connectivity index (χ1v) is 12.9. The minimum Gasteiger partial charge on any atom is -0.454 e. The van der Waals surface area contributed by atoms with Crippen LogP contribution in [0.4, 0.5) is 0 Å². The molecule has 0 radical (unpaired) electrons. The van der Waals surface area contributed by atoms with Gasteiger partial charge in [0.15, 0.2) is 11.5 Å². The number of nitrogens with one attached hydrogen (secondary N) is 1. The average Bonchev–Trinajstić information content (AvgIpc) is 3.33. The predicted octanol–water partition coefficient (Wildman–Crippen LogP) is 3.59. The van der Waals surface area contributed by atoms with Gasteiger partial charge >= 0.3 is 0 Å². The van der Waals surface area contributed by atoms with Crippen LogP contribution < -0.4 is 14.8 Å². The minimum absolute atomic E-state index is 0.140. The van der Waals surface area contributed by atoms with Crippen molar-refractivity contribution in [3.05, 3.63) is 59.7 Å². The summed E-state index contributed by atoms with van der Waals surface area (Å²) in [5, 5.41) is 3.58. The Labute approximate surface area is 206 Å². The second-order valence-electron chi connectivity index (χ2n) is 10.1. The van der Waals surface area contributed by atoms with E-state index >= 15 is 0 Å². The van der Waals surface area contributed by atoms with Crippen molar-refractivity contribution in [1.82, 2.24) is 15.1 Å². The molecule has 0 bridgehead atoms. The molecule has 1 aliphatic carbocycles. The first kappa shape index (κ1) is 22.2. The number of alkyl halides is 1. The predicted molar refractivity (Wildman–Crippen MR) is 131 cm³/mol. The van der Waals surface area contributed by atoms with E-state index in [2.05, 4.69) is 57.6 Å². The third kappa shape index (κ3) is 4.28. The van der Waals surface area contributed by atoms with Crippen LogP contribution in [0.3, 0.4) is 0 Å². The van der Waals surface area contributed by atoms with Crippen LogP contribution in [0.5, 0.6) is 11.5 Å². The molecule has 2 aromatic carbocycles. The lowest BCUT2D eigenvalue weighted by atomic mass is 9.67. The molecule has 5 unspecified atom stereocenters. The summed E-state index contributed by atoms with van der Waals surface area (Å²) in [6, 6.07) is 16.9. The number of ether oxygens (including phenoxy) is 2. The number of carbonyl (C=O) groups is 1. The second-order valence-corrected chi connectivity index (χ2v) is 10.7. The first-order valence-electron chi connectivity index (χ1n) is 12.5. The van der Waals surface area contributed by atoms with Crippen LogP contribution in [-0.2, 0) is 11.3 Å². The smallest absolute Gasteiger partial charge is 0.238 e. The van der Waals surface area contributed by atoms with Gasteiger partial charge in [0, 0.05) is 50.1 Å². The number of hydrogen-bond acceptors (Lipinski definition) is 5. The van der Waals surface area contributed by atoms with Gasteiger partial charge in [-0.15, -0.1) is 11.6 Å². The Hall–Kier alpha value is -2.28. The molecule has 0 spiro atoms. The Morgan fingerprint density at radius 1 is 0.971 bits per heavy atom. The Morgan fingerprint density at radius 3 is 2.59 bits per heavy atom. The van der Waals surface area contributed by atoms with Crippen molar-refractivity contribution in [3.63, 3.8) is 0 Å². The van der Waals surface area contributed by atoms with E-state index in [0.29, 0.717) is 12.7 Å². The normalized spacial score (nSPS) is 31.7. The van der Waals surface area contributed by atoms with Crippen LogP contribution >= 0.6 is 11.6 Å². The van der Waals surface area contributed by atoms with Crippen molar-refractivity contribution in [2.24, 2.45) is 5.92 Å². The number of amides is 1. The molecule has 5 atom stereocenters. The van der Waals surface area contributed by atoms with E-state index in [0.717, 1.165) is 63.5 Å². The molecular formula is C27H32ClN3O3. The number of piperidine rings is 1. The molecule has 1 N–H and O–H groups in total. The largest absolute Gasteiger partial charge is 0.454 e. The van der Waals surface area contributed by atoms with Crippen LogP contribution in [0.15, 0.2) is 48.5 Å². The summed E-state index contributed by atoms with van der Waals surface area (Å²) in [6.07, 6.45) is 2.92. The third-order valence-corrected chi connectivity index (χ3v) is 8.46. The highest BCUT2D eigenvalue weighted by Gasteiger charge is 2.49. The number of nitrogens with zero attached hydrogens (tertiary/aromatic N) is 2. The molecule has 7 heteroatoms. The molecule has 180 valence electrons. The summed E-state index contributed by atoms with van der Waals surface area (Å²) in [6.45, 7) is 4.82. The van der Waals surface area contributed by atoms with Gasteiger partial charge in [0.1, 0.15) is 0 Å². The number of fused-ring (bicyclic) bond motifs is 2. The van der Waals surface area contributed by atoms with Gasteiger partial charge in [0.25, 0.3) is 0 Å². The molecule has 2 saturated heterocycles. The van der Waals surface area contributed by atoms with Gasteiger partial charge in [-0.1, -0.05) is 36.4 Å². The van der Waals surface area contributed by atoms with Gasteiger partial charge < -0.3 is 14.8 Å². The van der Waals surface area contributed by atoms with E-state index in [4.69, 9.17) is 21.1 Å². The van der Waals surface area contributed by atoms with Crippen molar-refractivity contribution in [3.8, 4) is 11.5 Å². The van der Waals surface area contributed by atoms with Crippen molar-refractivity contribution < 1.29 is 14.3 Å². The summed E-state index contributed by atoms with van der Waals surface area (Å²) in [7, 11) is 0. The molecule has 2 aromatic rings. The van der Waals surface area contributed by atoms with Crippen LogP contribution in [0.1, 0.15) is 36.3 Å². The zero-order valence-electron chi connectivity index (χ0n) is 19.4. The summed E-state index contributed by atoms with van der Waals surface area (Å²) in [5.41, 5.74) is 2.50. The van der Waals surface area contributed by atoms with Crippen LogP contribution in [-0.4, -0.2) is 66.1 Å². The zero-order chi connectivity index (χ0) is 23.1. The maximum atomic E-state index is 13.5. The topological polar surface area (TPSA) is 54.0 Å². The number of rotatable bonds is 4. The first-order chi connectivity index (χ1) is 16.7. The van der Waals surface area contributed by atoms with Crippen molar-refractivity contribution >= 4 is 17.5 Å². The fraction of sp³-hybridized carbons (Fsp3) is 0.519. The fourth-order valence-electron chi connectivity index (χ4n) is 6.39. The van der Waals surface area contributed by atoms with E-state index in [1.54, 1.807) is 0 Å². The van der Waals surface area contributed by atoms with E-state index in [1.165, 1.54) is 11.1 Å². The standard InChI is InChI=1S/C27H32ClN3O3/c28-20-7-8-22-21(15-20)25(19-4-2-1-3-5-19)26(27(32)29-22)31-12-10-30(11-13-31)16-18-6-9-23-24(14-18)34-17-33-23/h1-6,9,14,20-22,25-26H,7-8,10-13,15-17H2,(H,29,32). The monoisotopic (exact) mass is 481 g/mol. The quantitative estimate of drug-likeness (QED) is 0.676. The minimum atomic E-state index is -0.140. The summed E-state index contributed by atoms with van der Waals surface area (Å²) in [5.74, 6) is 2.41. The van der Waals surface area contributed by atoms with Crippen LogP contribution in [0.2, 0.25) is 0 Å². The van der Waals surface area contributed by atoms with Gasteiger partial charge in [0.05, 0.1) is 6.04 Å². The second kappa shape index (κ2) is 9.40. The maximum Gasteiger partial charge on any atom is 0.238 e. The SMILES string of the molecule is O=C1NC2CCC(Cl)CC2C(c2ccccc2)C1N1CCN(Cc2ccc3c(c2)OCO3)CC1. The molecule has 1 amide bonds. The molecule has 3 aliphatic heterocycles. The Kier molecular flexibility index (Phi) is 6.14. The van der Waals surface area contributed by atoms with Crippen molar-refractivity contribution in [2.45, 2.75) is 49.2 Å². The van der Waals surface area contributed by atoms with Gasteiger partial charge in [0.2, 0.25) is 12.7 Å². The van der Waals surface area contributed by atoms with E-state index < -0.39 is 0 Å². The molecule has 0 aromatic heterocycles. The zero-order valence-corrected chi connectivity index (χ0v) is 20.1. The average molecular weight is 482 g/mol. The number of piperazine rings is 1. The van der Waals surface area contributed by atoms with Gasteiger partial charge in [-0.3, -0.25) is 14.6 Å². The molecule has 6 nitrogen and oxygen atoms in total. The number of halogens is 1. The lowest BCUT2D eigenvalue weighted by Gasteiger charge is -2.51. The number of carbonyl (C=O) groups excluding carboxylic acids is 1. The molecule has 6 rings (SSSR count). The molecule has 1 saturated carbocycles. The summed E-state index contributed by atoms with van der Waals surface area (Å²) < 4.78 is 11.0.